The third-order valence-electron chi connectivity index (χ3n) is 5.54. The Morgan fingerprint density at radius 2 is 1.79 bits per heavy atom. The van der Waals surface area contributed by atoms with Gasteiger partial charge in [0.1, 0.15) is 5.82 Å². The number of H-pyrrole nitrogens is 2. The number of benzene rings is 3. The maximum absolute atomic E-state index is 13.8. The zero-order valence-electron chi connectivity index (χ0n) is 18.4. The lowest BCUT2D eigenvalue weighted by Crippen LogP contribution is -2.05. The molecule has 0 saturated carbocycles. The molecule has 164 valence electrons. The van der Waals surface area contributed by atoms with E-state index < -0.39 is 0 Å². The van der Waals surface area contributed by atoms with Crippen LogP contribution in [0, 0.1) is 0 Å². The minimum Gasteiger partial charge on any atom is -0.493 e. The number of carbonyl (C=O) groups is 1. The third kappa shape index (κ3) is 3.87. The van der Waals surface area contributed by atoms with Crippen molar-refractivity contribution in [3.05, 3.63) is 89.9 Å². The van der Waals surface area contributed by atoms with Crippen molar-refractivity contribution in [2.45, 2.75) is 6.92 Å². The minimum absolute atomic E-state index is 0.166. The lowest BCUT2D eigenvalue weighted by Gasteiger charge is -2.11. The van der Waals surface area contributed by atoms with Crippen LogP contribution in [0.3, 0.4) is 0 Å². The van der Waals surface area contributed by atoms with Gasteiger partial charge in [-0.1, -0.05) is 30.3 Å². The number of hydrogen-bond donors (Lipinski definition) is 2. The highest BCUT2D eigenvalue weighted by molar-refractivity contribution is 6.32. The fraction of sp³-hybridized carbons (Fsp3) is 0.111. The van der Waals surface area contributed by atoms with Crippen molar-refractivity contribution < 1.29 is 14.3 Å². The number of allylic oxidation sites excluding steroid dienone is 1. The number of ketones is 1. The molecule has 5 aromatic rings. The molecule has 2 N–H and O–H groups in total. The highest BCUT2D eigenvalue weighted by Gasteiger charge is 2.20. The first-order chi connectivity index (χ1) is 16.2. The van der Waals surface area contributed by atoms with Gasteiger partial charge in [0.25, 0.3) is 0 Å². The summed E-state index contributed by atoms with van der Waals surface area (Å²) in [5.74, 6) is 1.46. The number of hydrogen-bond acceptors (Lipinski definition) is 4. The van der Waals surface area contributed by atoms with Gasteiger partial charge < -0.3 is 19.4 Å². The predicted octanol–water partition coefficient (Wildman–Crippen LogP) is 5.88. The van der Waals surface area contributed by atoms with Crippen LogP contribution in [-0.2, 0) is 0 Å². The summed E-state index contributed by atoms with van der Waals surface area (Å²) in [6.07, 6.45) is 3.78. The quantitative estimate of drug-likeness (QED) is 0.246. The summed E-state index contributed by atoms with van der Waals surface area (Å²) >= 11 is 0. The summed E-state index contributed by atoms with van der Waals surface area (Å²) in [5, 5.41) is 1.03. The molecule has 0 unspecified atom stereocenters. The zero-order valence-corrected chi connectivity index (χ0v) is 18.4. The molecule has 0 atom stereocenters. The number of aromatic nitrogens is 3. The molecule has 6 nitrogen and oxygen atoms in total. The second-order valence-electron chi connectivity index (χ2n) is 7.58. The van der Waals surface area contributed by atoms with Gasteiger partial charge in [0.15, 0.2) is 17.3 Å². The van der Waals surface area contributed by atoms with Crippen molar-refractivity contribution in [3.8, 4) is 11.5 Å². The lowest BCUT2D eigenvalue weighted by molar-refractivity contribution is 0.105. The van der Waals surface area contributed by atoms with Gasteiger partial charge in [0.2, 0.25) is 0 Å². The number of para-hydroxylation sites is 3. The first kappa shape index (κ1) is 20.6. The number of fused-ring (bicyclic) bond motifs is 2. The van der Waals surface area contributed by atoms with Crippen molar-refractivity contribution in [1.29, 1.82) is 0 Å². The summed E-state index contributed by atoms with van der Waals surface area (Å²) < 4.78 is 11.1. The van der Waals surface area contributed by atoms with Gasteiger partial charge in [-0.15, -0.1) is 0 Å². The first-order valence-electron chi connectivity index (χ1n) is 10.8. The molecule has 0 aliphatic carbocycles. The fourth-order valence-electron chi connectivity index (χ4n) is 3.93. The summed E-state index contributed by atoms with van der Waals surface area (Å²) in [6.45, 7) is 2.41. The van der Waals surface area contributed by atoms with Crippen molar-refractivity contribution >= 4 is 39.4 Å². The van der Waals surface area contributed by atoms with E-state index in [0.717, 1.165) is 27.5 Å². The average molecular weight is 437 g/mol. The lowest BCUT2D eigenvalue weighted by atomic mass is 9.99. The smallest absolute Gasteiger partial charge is 0.196 e. The Balaban J connectivity index is 1.66. The van der Waals surface area contributed by atoms with E-state index in [1.807, 2.05) is 67.7 Å². The van der Waals surface area contributed by atoms with Gasteiger partial charge >= 0.3 is 0 Å². The normalized spacial score (nSPS) is 11.8. The maximum Gasteiger partial charge on any atom is 0.196 e. The molecule has 2 heterocycles. The standard InChI is InChI=1S/C27H23N3O3/c1-3-33-24-13-12-17(15-25(24)32-2)26(31)20(27-29-22-10-6-7-11-23(22)30-27)14-18-16-28-21-9-5-4-8-19(18)21/h4-16,28H,3H2,1-2H3,(H,29,30)/b20-14+. The molecule has 0 aliphatic rings. The highest BCUT2D eigenvalue weighted by atomic mass is 16.5. The monoisotopic (exact) mass is 437 g/mol. The predicted molar refractivity (Wildman–Crippen MR) is 131 cm³/mol. The topological polar surface area (TPSA) is 80.0 Å². The van der Waals surface area contributed by atoms with Crippen molar-refractivity contribution in [3.63, 3.8) is 0 Å². The number of Topliss-reactive ketones (excluding diaryl/α,β-unsaturated/α-hetero) is 1. The summed E-state index contributed by atoms with van der Waals surface area (Å²) in [5.41, 5.74) is 4.53. The van der Waals surface area contributed by atoms with Crippen LogP contribution in [0.1, 0.15) is 28.7 Å². The van der Waals surface area contributed by atoms with E-state index in [9.17, 15) is 4.79 Å². The van der Waals surface area contributed by atoms with Gasteiger partial charge in [0.05, 0.1) is 30.3 Å². The van der Waals surface area contributed by atoms with Crippen molar-refractivity contribution in [2.24, 2.45) is 0 Å². The number of imidazole rings is 1. The molecule has 6 heteroatoms. The molecule has 33 heavy (non-hydrogen) atoms. The van der Waals surface area contributed by atoms with Gasteiger partial charge in [-0.3, -0.25) is 4.79 Å². The van der Waals surface area contributed by atoms with Crippen LogP contribution < -0.4 is 9.47 Å². The Kier molecular flexibility index (Phi) is 5.40. The van der Waals surface area contributed by atoms with Crippen molar-refractivity contribution in [2.75, 3.05) is 13.7 Å². The van der Waals surface area contributed by atoms with Gasteiger partial charge in [-0.25, -0.2) is 4.98 Å². The first-order valence-corrected chi connectivity index (χ1v) is 10.8. The molecule has 0 saturated heterocycles. The SMILES string of the molecule is CCOc1ccc(C(=O)/C(=C\c2c[nH]c3ccccc23)c2nc3ccccc3[nH]2)cc1OC. The van der Waals surface area contributed by atoms with Gasteiger partial charge in [-0.05, 0) is 49.4 Å². The Morgan fingerprint density at radius 3 is 2.58 bits per heavy atom. The number of carbonyl (C=O) groups excluding carboxylic acids is 1. The van der Waals surface area contributed by atoms with E-state index >= 15 is 0 Å². The largest absolute Gasteiger partial charge is 0.493 e. The van der Waals surface area contributed by atoms with Crippen LogP contribution in [0.5, 0.6) is 11.5 Å². The third-order valence-corrected chi connectivity index (χ3v) is 5.54. The van der Waals surface area contributed by atoms with E-state index in [0.29, 0.717) is 35.1 Å². The molecular weight excluding hydrogens is 414 g/mol. The highest BCUT2D eigenvalue weighted by Crippen LogP contribution is 2.32. The summed E-state index contributed by atoms with van der Waals surface area (Å²) in [7, 11) is 1.56. The number of methoxy groups -OCH3 is 1. The summed E-state index contributed by atoms with van der Waals surface area (Å²) in [4.78, 5) is 25.1. The molecule has 0 spiro atoms. The molecule has 2 aromatic heterocycles. The van der Waals surface area contributed by atoms with Gasteiger partial charge in [0, 0.05) is 28.2 Å². The number of ether oxygens (including phenoxy) is 2. The van der Waals surface area contributed by atoms with Crippen LogP contribution in [0.15, 0.2) is 72.9 Å². The molecule has 0 bridgehead atoms. The van der Waals surface area contributed by atoms with Crippen LogP contribution in [0.4, 0.5) is 0 Å². The second-order valence-corrected chi connectivity index (χ2v) is 7.58. The minimum atomic E-state index is -0.166. The van der Waals surface area contributed by atoms with E-state index in [1.54, 1.807) is 25.3 Å². The molecule has 3 aromatic carbocycles. The molecule has 0 fully saturated rings. The number of aromatic amines is 2. The molecular formula is C27H23N3O3. The fourth-order valence-corrected chi connectivity index (χ4v) is 3.93. The van der Waals surface area contributed by atoms with Crippen LogP contribution >= 0.6 is 0 Å². The van der Waals surface area contributed by atoms with Gasteiger partial charge in [-0.2, -0.15) is 0 Å². The Labute approximate surface area is 190 Å². The van der Waals surface area contributed by atoms with E-state index in [4.69, 9.17) is 14.5 Å². The zero-order chi connectivity index (χ0) is 22.8. The molecule has 0 radical (unpaired) electrons. The molecule has 0 amide bonds. The second kappa shape index (κ2) is 8.67. The van der Waals surface area contributed by atoms with Crippen molar-refractivity contribution in [1.82, 2.24) is 15.0 Å². The van der Waals surface area contributed by atoms with E-state index in [1.165, 1.54) is 0 Å². The van der Waals surface area contributed by atoms with E-state index in [-0.39, 0.29) is 5.78 Å². The Bertz CT molecular complexity index is 1460. The maximum atomic E-state index is 13.8. The Hall–Kier alpha value is -4.32. The molecule has 5 rings (SSSR count). The number of rotatable bonds is 7. The van der Waals surface area contributed by atoms with Crippen LogP contribution in [0.2, 0.25) is 0 Å². The van der Waals surface area contributed by atoms with Crippen LogP contribution in [-0.4, -0.2) is 34.5 Å². The average Bonchev–Trinajstić information content (AvgIpc) is 3.46. The van der Waals surface area contributed by atoms with E-state index in [2.05, 4.69) is 9.97 Å². The number of nitrogens with zero attached hydrogens (tertiary/aromatic N) is 1. The van der Waals surface area contributed by atoms with Crippen LogP contribution in [0.25, 0.3) is 33.6 Å². The Morgan fingerprint density at radius 1 is 1.00 bits per heavy atom. The molecule has 0 aliphatic heterocycles. The summed E-state index contributed by atoms with van der Waals surface area (Å²) in [6, 6.07) is 20.9. The number of nitrogens with one attached hydrogen (secondary N) is 2.